The van der Waals surface area contributed by atoms with Crippen LogP contribution in [0.25, 0.3) is 0 Å². The Bertz CT molecular complexity index is 740. The highest BCUT2D eigenvalue weighted by Gasteiger charge is 2.10. The predicted molar refractivity (Wildman–Crippen MR) is 109 cm³/mol. The molecule has 0 bridgehead atoms. The Balaban J connectivity index is 1.91. The molecule has 0 aliphatic rings. The molecule has 0 aromatic carbocycles. The van der Waals surface area contributed by atoms with Crippen LogP contribution in [0.2, 0.25) is 0 Å². The van der Waals surface area contributed by atoms with Crippen LogP contribution in [-0.2, 0) is 20.1 Å². The predicted octanol–water partition coefficient (Wildman–Crippen LogP) is 2.84. The third-order valence-electron chi connectivity index (χ3n) is 4.13. The van der Waals surface area contributed by atoms with E-state index >= 15 is 0 Å². The van der Waals surface area contributed by atoms with Gasteiger partial charge in [-0.25, -0.2) is 4.98 Å². The van der Waals surface area contributed by atoms with Gasteiger partial charge in [0.15, 0.2) is 5.96 Å². The maximum Gasteiger partial charge on any atom is 0.213 e. The smallest absolute Gasteiger partial charge is 0.213 e. The zero-order valence-corrected chi connectivity index (χ0v) is 17.3. The number of rotatable bonds is 8. The van der Waals surface area contributed by atoms with E-state index in [-0.39, 0.29) is 6.10 Å². The molecule has 0 spiro atoms. The zero-order chi connectivity index (χ0) is 19.8. The summed E-state index contributed by atoms with van der Waals surface area (Å²) >= 11 is 0. The van der Waals surface area contributed by atoms with Crippen LogP contribution in [-0.4, -0.2) is 45.8 Å². The van der Waals surface area contributed by atoms with Crippen molar-refractivity contribution < 1.29 is 4.74 Å². The summed E-state index contributed by atoms with van der Waals surface area (Å²) in [7, 11) is 5.72. The number of pyridine rings is 1. The molecule has 0 saturated carbocycles. The first-order chi connectivity index (χ1) is 12.9. The average molecular weight is 373 g/mol. The molecule has 0 saturated heterocycles. The summed E-state index contributed by atoms with van der Waals surface area (Å²) in [5, 5.41) is 7.60. The van der Waals surface area contributed by atoms with Gasteiger partial charge < -0.3 is 15.0 Å². The Morgan fingerprint density at radius 2 is 2.11 bits per heavy atom. The highest BCUT2D eigenvalue weighted by molar-refractivity contribution is 5.79. The van der Waals surface area contributed by atoms with Crippen LogP contribution in [0.3, 0.4) is 0 Å². The monoisotopic (exact) mass is 372 g/mol. The quantitative estimate of drug-likeness (QED) is 0.570. The highest BCUT2D eigenvalue weighted by Crippen LogP contribution is 2.15. The van der Waals surface area contributed by atoms with E-state index < -0.39 is 0 Å². The van der Waals surface area contributed by atoms with E-state index in [1.165, 1.54) is 0 Å². The minimum Gasteiger partial charge on any atom is -0.475 e. The molecule has 1 atom stereocenters. The van der Waals surface area contributed by atoms with Gasteiger partial charge in [0.1, 0.15) is 0 Å². The summed E-state index contributed by atoms with van der Waals surface area (Å²) in [5.74, 6) is 2.09. The van der Waals surface area contributed by atoms with Gasteiger partial charge in [0.05, 0.1) is 12.3 Å². The fourth-order valence-corrected chi connectivity index (χ4v) is 3.01. The van der Waals surface area contributed by atoms with Crippen LogP contribution in [0.15, 0.2) is 35.7 Å². The van der Waals surface area contributed by atoms with E-state index in [2.05, 4.69) is 46.1 Å². The molecule has 2 rings (SSSR count). The van der Waals surface area contributed by atoms with Crippen LogP contribution >= 0.6 is 0 Å². The number of guanidine groups is 1. The highest BCUT2D eigenvalue weighted by atomic mass is 16.5. The molecule has 27 heavy (non-hydrogen) atoms. The number of hydrogen-bond acceptors (Lipinski definition) is 4. The summed E-state index contributed by atoms with van der Waals surface area (Å²) in [5.41, 5.74) is 2.24. The molecule has 7 nitrogen and oxygen atoms in total. The number of aryl methyl sites for hydroxylation is 1. The van der Waals surface area contributed by atoms with Gasteiger partial charge in [0.25, 0.3) is 0 Å². The molecule has 2 aromatic rings. The number of ether oxygens (including phenoxy) is 1. The first-order valence-corrected chi connectivity index (χ1v) is 9.38. The van der Waals surface area contributed by atoms with Gasteiger partial charge in [-0.05, 0) is 30.9 Å². The Kier molecular flexibility index (Phi) is 7.64. The first-order valence-electron chi connectivity index (χ1n) is 9.38. The molecular formula is C20H32N6O. The van der Waals surface area contributed by atoms with Gasteiger partial charge in [0, 0.05) is 58.3 Å². The van der Waals surface area contributed by atoms with E-state index in [0.717, 1.165) is 30.1 Å². The second-order valence-corrected chi connectivity index (χ2v) is 7.34. The molecular weight excluding hydrogens is 340 g/mol. The summed E-state index contributed by atoms with van der Waals surface area (Å²) in [6, 6.07) is 3.97. The molecule has 0 amide bonds. The summed E-state index contributed by atoms with van der Waals surface area (Å²) in [4.78, 5) is 10.8. The van der Waals surface area contributed by atoms with Gasteiger partial charge in [-0.2, -0.15) is 5.10 Å². The van der Waals surface area contributed by atoms with Crippen LogP contribution in [0.1, 0.15) is 38.3 Å². The molecule has 1 unspecified atom stereocenters. The summed E-state index contributed by atoms with van der Waals surface area (Å²) < 4.78 is 7.74. The molecule has 0 aliphatic carbocycles. The first kappa shape index (κ1) is 20.7. The Morgan fingerprint density at radius 1 is 1.33 bits per heavy atom. The van der Waals surface area contributed by atoms with Gasteiger partial charge in [-0.1, -0.05) is 13.8 Å². The van der Waals surface area contributed by atoms with Crippen molar-refractivity contribution in [3.8, 4) is 5.88 Å². The Labute approximate surface area is 162 Å². The largest absolute Gasteiger partial charge is 0.475 e. The summed E-state index contributed by atoms with van der Waals surface area (Å²) in [6.07, 6.45) is 6.83. The van der Waals surface area contributed by atoms with Crippen molar-refractivity contribution in [1.82, 2.24) is 25.0 Å². The van der Waals surface area contributed by atoms with Gasteiger partial charge in [-0.15, -0.1) is 0 Å². The second kappa shape index (κ2) is 9.94. The number of aromatic nitrogens is 3. The minimum atomic E-state index is 0.152. The van der Waals surface area contributed by atoms with Crippen molar-refractivity contribution in [3.63, 3.8) is 0 Å². The lowest BCUT2D eigenvalue weighted by Gasteiger charge is -2.21. The van der Waals surface area contributed by atoms with E-state index in [1.54, 1.807) is 17.9 Å². The van der Waals surface area contributed by atoms with E-state index in [9.17, 15) is 0 Å². The van der Waals surface area contributed by atoms with Gasteiger partial charge in [0.2, 0.25) is 5.88 Å². The van der Waals surface area contributed by atoms with Gasteiger partial charge >= 0.3 is 0 Å². The van der Waals surface area contributed by atoms with Crippen LogP contribution in [0.4, 0.5) is 0 Å². The van der Waals surface area contributed by atoms with Crippen molar-refractivity contribution in [1.29, 1.82) is 0 Å². The normalized spacial score (nSPS) is 12.9. The number of nitrogens with one attached hydrogen (secondary N) is 1. The van der Waals surface area contributed by atoms with Crippen molar-refractivity contribution >= 4 is 5.96 Å². The Morgan fingerprint density at radius 3 is 2.74 bits per heavy atom. The van der Waals surface area contributed by atoms with Crippen molar-refractivity contribution in [2.75, 3.05) is 14.1 Å². The molecule has 0 radical (unpaired) electrons. The fourth-order valence-electron chi connectivity index (χ4n) is 3.01. The van der Waals surface area contributed by atoms with Crippen LogP contribution in [0.5, 0.6) is 5.88 Å². The van der Waals surface area contributed by atoms with Crippen LogP contribution < -0.4 is 10.1 Å². The standard InChI is InChI=1S/C20H32N6O/c1-15(2)9-16(3)27-19-10-17(7-8-22-19)11-23-20(21-4)25(5)13-18-12-24-26(6)14-18/h7-8,10,12,14-16H,9,11,13H2,1-6H3,(H,21,23). The SMILES string of the molecule is CN=C(NCc1ccnc(OC(C)CC(C)C)c1)N(C)Cc1cnn(C)c1. The topological polar surface area (TPSA) is 67.6 Å². The summed E-state index contributed by atoms with van der Waals surface area (Å²) in [6.45, 7) is 7.87. The maximum atomic E-state index is 5.94. The minimum absolute atomic E-state index is 0.152. The van der Waals surface area contributed by atoms with Crippen molar-refractivity contribution in [2.45, 2.75) is 46.4 Å². The third-order valence-corrected chi connectivity index (χ3v) is 4.13. The molecule has 0 fully saturated rings. The number of nitrogens with zero attached hydrogens (tertiary/aromatic N) is 5. The van der Waals surface area contributed by atoms with Crippen molar-refractivity contribution in [3.05, 3.63) is 41.9 Å². The van der Waals surface area contributed by atoms with E-state index in [4.69, 9.17) is 4.74 Å². The third kappa shape index (κ3) is 6.92. The second-order valence-electron chi connectivity index (χ2n) is 7.34. The van der Waals surface area contributed by atoms with Gasteiger partial charge in [-0.3, -0.25) is 9.67 Å². The van der Waals surface area contributed by atoms with E-state index in [0.29, 0.717) is 18.3 Å². The molecule has 2 aromatic heterocycles. The number of aliphatic imine (C=N–C) groups is 1. The van der Waals surface area contributed by atoms with Crippen LogP contribution in [0, 0.1) is 5.92 Å². The average Bonchev–Trinajstić information content (AvgIpc) is 2.99. The number of hydrogen-bond donors (Lipinski definition) is 1. The Hall–Kier alpha value is -2.57. The maximum absolute atomic E-state index is 5.94. The van der Waals surface area contributed by atoms with Crippen molar-refractivity contribution in [2.24, 2.45) is 18.0 Å². The zero-order valence-electron chi connectivity index (χ0n) is 17.3. The molecule has 0 aliphatic heterocycles. The molecule has 7 heteroatoms. The lowest BCUT2D eigenvalue weighted by molar-refractivity contribution is 0.185. The molecule has 1 N–H and O–H groups in total. The lowest BCUT2D eigenvalue weighted by atomic mass is 10.1. The van der Waals surface area contributed by atoms with E-state index in [1.807, 2.05) is 38.6 Å². The molecule has 2 heterocycles. The molecule has 148 valence electrons. The lowest BCUT2D eigenvalue weighted by Crippen LogP contribution is -2.38. The fraction of sp³-hybridized carbons (Fsp3) is 0.550.